The summed E-state index contributed by atoms with van der Waals surface area (Å²) in [6, 6.07) is 8.77. The van der Waals surface area contributed by atoms with Crippen LogP contribution >= 0.6 is 38.5 Å². The first kappa shape index (κ1) is 19.5. The SMILES string of the molecule is COc1cc(C(=O)N/N=C\c2cc(Br)cc(OC)c2OC)ccc1I. The van der Waals surface area contributed by atoms with Crippen LogP contribution in [0.2, 0.25) is 0 Å². The lowest BCUT2D eigenvalue weighted by atomic mass is 10.2. The number of methoxy groups -OCH3 is 3. The van der Waals surface area contributed by atoms with Crippen LogP contribution in [-0.4, -0.2) is 33.5 Å². The van der Waals surface area contributed by atoms with Gasteiger partial charge < -0.3 is 14.2 Å². The van der Waals surface area contributed by atoms with Crippen LogP contribution in [0.3, 0.4) is 0 Å². The fourth-order valence-electron chi connectivity index (χ4n) is 2.08. The van der Waals surface area contributed by atoms with Gasteiger partial charge in [0, 0.05) is 15.6 Å². The van der Waals surface area contributed by atoms with Crippen molar-refractivity contribution in [1.82, 2.24) is 5.43 Å². The number of hydrogen-bond donors (Lipinski definition) is 1. The van der Waals surface area contributed by atoms with E-state index in [1.165, 1.54) is 6.21 Å². The molecule has 0 heterocycles. The molecule has 0 fully saturated rings. The molecule has 0 aromatic heterocycles. The second-order valence-corrected chi connectivity index (χ2v) is 6.86. The second-order valence-electron chi connectivity index (χ2n) is 4.78. The number of benzene rings is 2. The first-order valence-electron chi connectivity index (χ1n) is 7.08. The largest absolute Gasteiger partial charge is 0.496 e. The van der Waals surface area contributed by atoms with E-state index >= 15 is 0 Å². The summed E-state index contributed by atoms with van der Waals surface area (Å²) in [5.41, 5.74) is 3.60. The summed E-state index contributed by atoms with van der Waals surface area (Å²) >= 11 is 5.54. The fourth-order valence-corrected chi connectivity index (χ4v) is 3.09. The molecule has 0 atom stereocenters. The van der Waals surface area contributed by atoms with E-state index in [4.69, 9.17) is 14.2 Å². The highest BCUT2D eigenvalue weighted by Gasteiger charge is 2.11. The topological polar surface area (TPSA) is 69.2 Å². The molecule has 0 aliphatic rings. The lowest BCUT2D eigenvalue weighted by molar-refractivity contribution is 0.0954. The molecule has 1 amide bonds. The van der Waals surface area contributed by atoms with Crippen molar-refractivity contribution in [3.63, 3.8) is 0 Å². The molecular weight excluding hydrogens is 503 g/mol. The van der Waals surface area contributed by atoms with Gasteiger partial charge in [-0.2, -0.15) is 5.10 Å². The third-order valence-electron chi connectivity index (χ3n) is 3.26. The molecule has 0 aliphatic heterocycles. The third-order valence-corrected chi connectivity index (χ3v) is 4.60. The number of carbonyl (C=O) groups is 1. The Morgan fingerprint density at radius 1 is 1.12 bits per heavy atom. The smallest absolute Gasteiger partial charge is 0.271 e. The van der Waals surface area contributed by atoms with Gasteiger partial charge in [-0.3, -0.25) is 4.79 Å². The van der Waals surface area contributed by atoms with E-state index < -0.39 is 0 Å². The van der Waals surface area contributed by atoms with Crippen molar-refractivity contribution < 1.29 is 19.0 Å². The maximum Gasteiger partial charge on any atom is 0.271 e. The molecule has 2 aromatic carbocycles. The zero-order chi connectivity index (χ0) is 18.4. The Balaban J connectivity index is 2.18. The number of hydrazone groups is 1. The maximum atomic E-state index is 12.2. The van der Waals surface area contributed by atoms with Crippen LogP contribution in [0.1, 0.15) is 15.9 Å². The zero-order valence-electron chi connectivity index (χ0n) is 13.8. The first-order valence-corrected chi connectivity index (χ1v) is 8.95. The van der Waals surface area contributed by atoms with Gasteiger partial charge >= 0.3 is 0 Å². The van der Waals surface area contributed by atoms with Crippen LogP contribution in [0.5, 0.6) is 17.2 Å². The molecule has 2 rings (SSSR count). The number of rotatable bonds is 6. The van der Waals surface area contributed by atoms with E-state index in [9.17, 15) is 4.79 Å². The van der Waals surface area contributed by atoms with Crippen molar-refractivity contribution in [1.29, 1.82) is 0 Å². The number of carbonyl (C=O) groups excluding carboxylic acids is 1. The number of hydrogen-bond acceptors (Lipinski definition) is 5. The molecule has 1 N–H and O–H groups in total. The van der Waals surface area contributed by atoms with Gasteiger partial charge in [-0.05, 0) is 52.9 Å². The molecule has 25 heavy (non-hydrogen) atoms. The predicted octanol–water partition coefficient (Wildman–Crippen LogP) is 3.84. The minimum Gasteiger partial charge on any atom is -0.496 e. The lowest BCUT2D eigenvalue weighted by Crippen LogP contribution is -2.17. The highest BCUT2D eigenvalue weighted by Crippen LogP contribution is 2.33. The summed E-state index contributed by atoms with van der Waals surface area (Å²) < 4.78 is 17.6. The summed E-state index contributed by atoms with van der Waals surface area (Å²) in [7, 11) is 4.65. The predicted molar refractivity (Wildman–Crippen MR) is 108 cm³/mol. The highest BCUT2D eigenvalue weighted by atomic mass is 127. The van der Waals surface area contributed by atoms with Gasteiger partial charge in [0.05, 0.1) is 31.1 Å². The number of amides is 1. The van der Waals surface area contributed by atoms with E-state index in [0.29, 0.717) is 28.4 Å². The van der Waals surface area contributed by atoms with Gasteiger partial charge in [0.1, 0.15) is 5.75 Å². The summed E-state index contributed by atoms with van der Waals surface area (Å²) in [6.45, 7) is 0. The van der Waals surface area contributed by atoms with Crippen LogP contribution in [0.25, 0.3) is 0 Å². The van der Waals surface area contributed by atoms with Crippen LogP contribution < -0.4 is 19.6 Å². The summed E-state index contributed by atoms with van der Waals surface area (Å²) in [4.78, 5) is 12.2. The second kappa shape index (κ2) is 9.04. The van der Waals surface area contributed by atoms with Crippen molar-refractivity contribution >= 4 is 50.6 Å². The molecule has 0 bridgehead atoms. The van der Waals surface area contributed by atoms with Crippen LogP contribution in [0.15, 0.2) is 39.9 Å². The van der Waals surface area contributed by atoms with Crippen molar-refractivity contribution in [2.45, 2.75) is 0 Å². The van der Waals surface area contributed by atoms with Gasteiger partial charge in [0.2, 0.25) is 0 Å². The minimum absolute atomic E-state index is 0.341. The molecule has 0 spiro atoms. The Kier molecular flexibility index (Phi) is 7.06. The number of halogens is 2. The van der Waals surface area contributed by atoms with E-state index in [1.807, 2.05) is 6.07 Å². The van der Waals surface area contributed by atoms with Crippen LogP contribution in [-0.2, 0) is 0 Å². The first-order chi connectivity index (χ1) is 12.0. The molecule has 0 unspecified atom stereocenters. The van der Waals surface area contributed by atoms with Crippen molar-refractivity contribution in [3.05, 3.63) is 49.5 Å². The molecule has 0 saturated carbocycles. The van der Waals surface area contributed by atoms with Gasteiger partial charge in [-0.25, -0.2) is 5.43 Å². The highest BCUT2D eigenvalue weighted by molar-refractivity contribution is 14.1. The molecule has 2 aromatic rings. The van der Waals surface area contributed by atoms with Gasteiger partial charge in [-0.15, -0.1) is 0 Å². The lowest BCUT2D eigenvalue weighted by Gasteiger charge is -2.11. The Hall–Kier alpha value is -1.81. The van der Waals surface area contributed by atoms with Gasteiger partial charge in [0.15, 0.2) is 11.5 Å². The molecule has 0 saturated heterocycles. The maximum absolute atomic E-state index is 12.2. The third kappa shape index (κ3) is 4.85. The Morgan fingerprint density at radius 3 is 2.48 bits per heavy atom. The molecule has 0 radical (unpaired) electrons. The van der Waals surface area contributed by atoms with E-state index in [2.05, 4.69) is 49.0 Å². The van der Waals surface area contributed by atoms with E-state index in [-0.39, 0.29) is 5.91 Å². The Labute approximate surface area is 167 Å². The Bertz CT molecular complexity index is 811. The van der Waals surface area contributed by atoms with Crippen molar-refractivity contribution in [2.75, 3.05) is 21.3 Å². The Morgan fingerprint density at radius 2 is 1.84 bits per heavy atom. The van der Waals surface area contributed by atoms with Gasteiger partial charge in [-0.1, -0.05) is 15.9 Å². The molecule has 8 heteroatoms. The van der Waals surface area contributed by atoms with Crippen molar-refractivity contribution in [2.24, 2.45) is 5.10 Å². The average molecular weight is 519 g/mol. The van der Waals surface area contributed by atoms with Crippen LogP contribution in [0, 0.1) is 3.57 Å². The number of ether oxygens (including phenoxy) is 3. The van der Waals surface area contributed by atoms with E-state index in [0.717, 1.165) is 8.04 Å². The average Bonchev–Trinajstić information content (AvgIpc) is 2.61. The molecule has 0 aliphatic carbocycles. The minimum atomic E-state index is -0.341. The molecule has 132 valence electrons. The van der Waals surface area contributed by atoms with E-state index in [1.54, 1.807) is 45.6 Å². The standard InChI is InChI=1S/C17H16BrIN2O4/c1-23-14-7-10(4-5-13(14)19)17(22)21-20-9-11-6-12(18)8-15(24-2)16(11)25-3/h4-9H,1-3H3,(H,21,22)/b20-9-. The number of nitrogens with one attached hydrogen (secondary N) is 1. The normalized spacial score (nSPS) is 10.6. The van der Waals surface area contributed by atoms with Gasteiger partial charge in [0.25, 0.3) is 5.91 Å². The van der Waals surface area contributed by atoms with Crippen molar-refractivity contribution in [3.8, 4) is 17.2 Å². The summed E-state index contributed by atoms with van der Waals surface area (Å²) in [6.07, 6.45) is 1.49. The summed E-state index contributed by atoms with van der Waals surface area (Å²) in [5.74, 6) is 1.38. The molecular formula is C17H16BrIN2O4. The zero-order valence-corrected chi connectivity index (χ0v) is 17.5. The summed E-state index contributed by atoms with van der Waals surface area (Å²) in [5, 5.41) is 4.00. The quantitative estimate of drug-likeness (QED) is 0.358. The monoisotopic (exact) mass is 518 g/mol. The molecule has 6 nitrogen and oxygen atoms in total. The number of nitrogens with zero attached hydrogens (tertiary/aromatic N) is 1. The fraction of sp³-hybridized carbons (Fsp3) is 0.176. The van der Waals surface area contributed by atoms with Crippen LogP contribution in [0.4, 0.5) is 0 Å².